The number of hydrogen-bond donors (Lipinski definition) is 0. The van der Waals surface area contributed by atoms with Crippen molar-refractivity contribution >= 4 is 5.82 Å². The number of aromatic nitrogens is 3. The number of piperazine rings is 1. The van der Waals surface area contributed by atoms with Gasteiger partial charge in [0, 0.05) is 25.7 Å². The summed E-state index contributed by atoms with van der Waals surface area (Å²) < 4.78 is 55.0. The van der Waals surface area contributed by atoms with Crippen LogP contribution in [0.3, 0.4) is 0 Å². The van der Waals surface area contributed by atoms with Gasteiger partial charge in [0.25, 0.3) is 5.82 Å². The molecule has 1 unspecified atom stereocenters. The Morgan fingerprint density at radius 3 is 2.67 bits per heavy atom. The van der Waals surface area contributed by atoms with Gasteiger partial charge in [-0.1, -0.05) is 5.16 Å². The Bertz CT molecular complexity index is 687. The van der Waals surface area contributed by atoms with E-state index >= 15 is 0 Å². The molecule has 1 aliphatic rings. The molecule has 0 amide bonds. The van der Waals surface area contributed by atoms with E-state index in [4.69, 9.17) is 0 Å². The molecule has 3 heterocycles. The number of alkyl halides is 3. The van der Waals surface area contributed by atoms with Gasteiger partial charge in [-0.2, -0.15) is 18.2 Å². The van der Waals surface area contributed by atoms with Gasteiger partial charge < -0.3 is 9.42 Å². The monoisotopic (exact) mass is 345 g/mol. The summed E-state index contributed by atoms with van der Waals surface area (Å²) in [5, 5.41) is 2.95. The molecule has 24 heavy (non-hydrogen) atoms. The van der Waals surface area contributed by atoms with E-state index in [1.165, 1.54) is 6.07 Å². The van der Waals surface area contributed by atoms with E-state index in [1.807, 2.05) is 16.7 Å². The highest BCUT2D eigenvalue weighted by atomic mass is 19.4. The third-order valence-electron chi connectivity index (χ3n) is 3.80. The van der Waals surface area contributed by atoms with Crippen LogP contribution in [0.5, 0.6) is 0 Å². The summed E-state index contributed by atoms with van der Waals surface area (Å²) in [6.07, 6.45) is -3.45. The number of anilines is 1. The molecule has 130 valence electrons. The molecule has 2 aromatic rings. The molecule has 1 atom stereocenters. The first-order valence-electron chi connectivity index (χ1n) is 7.33. The van der Waals surface area contributed by atoms with Gasteiger partial charge in [0.05, 0.1) is 12.7 Å². The van der Waals surface area contributed by atoms with Gasteiger partial charge in [0.15, 0.2) is 0 Å². The zero-order chi connectivity index (χ0) is 17.3. The maximum Gasteiger partial charge on any atom is 0.455 e. The van der Waals surface area contributed by atoms with Crippen molar-refractivity contribution in [3.8, 4) is 0 Å². The number of pyridine rings is 1. The molecule has 0 aliphatic carbocycles. The van der Waals surface area contributed by atoms with E-state index in [1.54, 1.807) is 6.07 Å². The van der Waals surface area contributed by atoms with Gasteiger partial charge in [0.1, 0.15) is 11.6 Å². The Balaban J connectivity index is 1.61. The summed E-state index contributed by atoms with van der Waals surface area (Å²) in [5.41, 5.74) is 0. The van der Waals surface area contributed by atoms with E-state index in [0.29, 0.717) is 25.5 Å². The predicted octanol–water partition coefficient (Wildman–Crippen LogP) is 2.33. The Hall–Kier alpha value is -2.23. The van der Waals surface area contributed by atoms with Crippen molar-refractivity contribution in [2.24, 2.45) is 0 Å². The van der Waals surface area contributed by atoms with E-state index < -0.39 is 17.8 Å². The van der Waals surface area contributed by atoms with Crippen molar-refractivity contribution in [2.45, 2.75) is 25.7 Å². The van der Waals surface area contributed by atoms with Crippen LogP contribution in [0, 0.1) is 5.82 Å². The first-order valence-corrected chi connectivity index (χ1v) is 7.33. The lowest BCUT2D eigenvalue weighted by Gasteiger charge is -2.40. The fourth-order valence-corrected chi connectivity index (χ4v) is 2.68. The average molecular weight is 345 g/mol. The lowest BCUT2D eigenvalue weighted by molar-refractivity contribution is -0.146. The van der Waals surface area contributed by atoms with Crippen molar-refractivity contribution in [1.29, 1.82) is 0 Å². The summed E-state index contributed by atoms with van der Waals surface area (Å²) >= 11 is 0. The zero-order valence-corrected chi connectivity index (χ0v) is 12.8. The van der Waals surface area contributed by atoms with Gasteiger partial charge in [-0.3, -0.25) is 4.90 Å². The van der Waals surface area contributed by atoms with E-state index in [2.05, 4.69) is 19.6 Å². The molecule has 1 aliphatic heterocycles. The van der Waals surface area contributed by atoms with Crippen LogP contribution in [0.4, 0.5) is 23.4 Å². The summed E-state index contributed by atoms with van der Waals surface area (Å²) in [7, 11) is 0. The first kappa shape index (κ1) is 16.6. The second kappa shape index (κ2) is 6.34. The van der Waals surface area contributed by atoms with Gasteiger partial charge >= 0.3 is 6.18 Å². The summed E-state index contributed by atoms with van der Waals surface area (Å²) in [4.78, 5) is 11.4. The highest BCUT2D eigenvalue weighted by Gasteiger charge is 2.37. The molecule has 0 radical (unpaired) electrons. The van der Waals surface area contributed by atoms with Crippen molar-refractivity contribution in [3.05, 3.63) is 35.9 Å². The topological polar surface area (TPSA) is 58.3 Å². The van der Waals surface area contributed by atoms with Gasteiger partial charge in [-0.15, -0.1) is 0 Å². The molecule has 6 nitrogen and oxygen atoms in total. The fourth-order valence-electron chi connectivity index (χ4n) is 2.68. The molecule has 0 N–H and O–H groups in total. The van der Waals surface area contributed by atoms with Crippen LogP contribution in [-0.2, 0) is 12.7 Å². The van der Waals surface area contributed by atoms with Crippen LogP contribution in [0.2, 0.25) is 0 Å². The lowest BCUT2D eigenvalue weighted by atomic mass is 10.2. The van der Waals surface area contributed by atoms with Crippen LogP contribution < -0.4 is 4.90 Å². The standard InChI is InChI=1S/C14H15F4N5O/c1-9-7-22(8-12-20-13(21-24-12)14(16,17)18)4-5-23(9)11-3-2-10(15)6-19-11/h2-3,6,9H,4-5,7-8H2,1H3. The summed E-state index contributed by atoms with van der Waals surface area (Å²) in [5.74, 6) is -1.06. The molecule has 1 fully saturated rings. The molecular weight excluding hydrogens is 330 g/mol. The third-order valence-corrected chi connectivity index (χ3v) is 3.80. The van der Waals surface area contributed by atoms with E-state index in [9.17, 15) is 17.6 Å². The van der Waals surface area contributed by atoms with Gasteiger partial charge in [-0.05, 0) is 19.1 Å². The van der Waals surface area contributed by atoms with E-state index in [0.717, 1.165) is 6.20 Å². The largest absolute Gasteiger partial charge is 0.455 e. The van der Waals surface area contributed by atoms with Crippen LogP contribution in [0.15, 0.2) is 22.9 Å². The van der Waals surface area contributed by atoms with Crippen molar-refractivity contribution in [1.82, 2.24) is 20.0 Å². The average Bonchev–Trinajstić information content (AvgIpc) is 2.97. The van der Waals surface area contributed by atoms with Gasteiger partial charge in [0.2, 0.25) is 5.89 Å². The van der Waals surface area contributed by atoms with Crippen molar-refractivity contribution in [2.75, 3.05) is 24.5 Å². The lowest BCUT2D eigenvalue weighted by Crippen LogP contribution is -2.51. The van der Waals surface area contributed by atoms with Gasteiger partial charge in [-0.25, -0.2) is 9.37 Å². The predicted molar refractivity (Wildman–Crippen MR) is 75.6 cm³/mol. The normalized spacial score (nSPS) is 19.7. The van der Waals surface area contributed by atoms with Crippen LogP contribution in [0.1, 0.15) is 18.6 Å². The summed E-state index contributed by atoms with van der Waals surface area (Å²) in [6.45, 7) is 3.90. The highest BCUT2D eigenvalue weighted by Crippen LogP contribution is 2.26. The second-order valence-electron chi connectivity index (χ2n) is 5.62. The minimum atomic E-state index is -4.61. The Kier molecular flexibility index (Phi) is 4.39. The van der Waals surface area contributed by atoms with Crippen molar-refractivity contribution in [3.63, 3.8) is 0 Å². The highest BCUT2D eigenvalue weighted by molar-refractivity contribution is 5.40. The Morgan fingerprint density at radius 2 is 2.08 bits per heavy atom. The van der Waals surface area contributed by atoms with Crippen LogP contribution in [0.25, 0.3) is 0 Å². The maximum atomic E-state index is 12.9. The maximum absolute atomic E-state index is 12.9. The molecule has 0 saturated carbocycles. The number of nitrogens with zero attached hydrogens (tertiary/aromatic N) is 5. The number of rotatable bonds is 3. The Labute approximate surface area is 135 Å². The third kappa shape index (κ3) is 3.64. The zero-order valence-electron chi connectivity index (χ0n) is 12.8. The smallest absolute Gasteiger partial charge is 0.351 e. The SMILES string of the molecule is CC1CN(Cc2nc(C(F)(F)F)no2)CCN1c1ccc(F)cn1. The Morgan fingerprint density at radius 1 is 1.29 bits per heavy atom. The number of hydrogen-bond acceptors (Lipinski definition) is 6. The molecule has 10 heteroatoms. The quantitative estimate of drug-likeness (QED) is 0.796. The number of halogens is 4. The molecule has 0 spiro atoms. The molecule has 1 saturated heterocycles. The summed E-state index contributed by atoms with van der Waals surface area (Å²) in [6, 6.07) is 3.01. The molecule has 0 bridgehead atoms. The first-order chi connectivity index (χ1) is 11.3. The van der Waals surface area contributed by atoms with Crippen LogP contribution in [-0.4, -0.2) is 45.7 Å². The second-order valence-corrected chi connectivity index (χ2v) is 5.62. The fraction of sp³-hybridized carbons (Fsp3) is 0.500. The minimum absolute atomic E-state index is 0.0571. The molecular formula is C14H15F4N5O. The molecule has 3 rings (SSSR count). The molecule has 2 aromatic heterocycles. The molecule has 0 aromatic carbocycles. The minimum Gasteiger partial charge on any atom is -0.351 e. The van der Waals surface area contributed by atoms with Crippen molar-refractivity contribution < 1.29 is 22.1 Å². The van der Waals surface area contributed by atoms with E-state index in [-0.39, 0.29) is 18.5 Å². The van der Waals surface area contributed by atoms with Crippen LogP contribution >= 0.6 is 0 Å².